The number of anilines is 1. The molecule has 1 aromatic heterocycles. The highest BCUT2D eigenvalue weighted by molar-refractivity contribution is 5.81. The lowest BCUT2D eigenvalue weighted by molar-refractivity contribution is -0.126. The lowest BCUT2D eigenvalue weighted by Gasteiger charge is -2.37. The van der Waals surface area contributed by atoms with Crippen molar-refractivity contribution in [2.24, 2.45) is 0 Å². The van der Waals surface area contributed by atoms with E-state index < -0.39 is 0 Å². The summed E-state index contributed by atoms with van der Waals surface area (Å²) >= 11 is 0. The van der Waals surface area contributed by atoms with Crippen LogP contribution in [-0.2, 0) is 11.3 Å². The van der Waals surface area contributed by atoms with Crippen molar-refractivity contribution in [3.05, 3.63) is 60.0 Å². The number of nitrogens with one attached hydrogen (secondary N) is 1. The topological polar surface area (TPSA) is 48.5 Å². The molecular weight excluding hydrogens is 319 g/mol. The Kier molecular flexibility index (Phi) is 5.60. The van der Waals surface area contributed by atoms with Crippen molar-refractivity contribution in [2.75, 3.05) is 31.1 Å². The van der Waals surface area contributed by atoms with Crippen molar-refractivity contribution < 1.29 is 9.18 Å². The number of benzene rings is 1. The van der Waals surface area contributed by atoms with Gasteiger partial charge in [-0.3, -0.25) is 9.69 Å². The van der Waals surface area contributed by atoms with Crippen LogP contribution in [0.5, 0.6) is 0 Å². The Morgan fingerprint density at radius 2 is 1.88 bits per heavy atom. The fourth-order valence-electron chi connectivity index (χ4n) is 3.02. The third-order valence-electron chi connectivity index (χ3n) is 4.63. The number of nitrogens with zero attached hydrogens (tertiary/aromatic N) is 3. The van der Waals surface area contributed by atoms with Gasteiger partial charge in [-0.2, -0.15) is 0 Å². The minimum Gasteiger partial charge on any atom is -0.354 e. The maximum absolute atomic E-state index is 13.6. The molecule has 132 valence electrons. The molecule has 1 aliphatic heterocycles. The van der Waals surface area contributed by atoms with E-state index in [9.17, 15) is 9.18 Å². The number of carbonyl (C=O) groups is 1. The van der Waals surface area contributed by atoms with E-state index in [1.165, 1.54) is 6.07 Å². The lowest BCUT2D eigenvalue weighted by Crippen LogP contribution is -2.54. The molecule has 6 heteroatoms. The van der Waals surface area contributed by atoms with Gasteiger partial charge in [-0.15, -0.1) is 0 Å². The zero-order chi connectivity index (χ0) is 17.6. The summed E-state index contributed by atoms with van der Waals surface area (Å²) in [5.74, 6) is 0.604. The largest absolute Gasteiger partial charge is 0.354 e. The number of piperazine rings is 1. The van der Waals surface area contributed by atoms with Gasteiger partial charge in [0.15, 0.2) is 0 Å². The van der Waals surface area contributed by atoms with Crippen LogP contribution in [-0.4, -0.2) is 48.0 Å². The summed E-state index contributed by atoms with van der Waals surface area (Å²) in [7, 11) is 0. The third-order valence-corrected chi connectivity index (χ3v) is 4.63. The molecule has 0 aliphatic carbocycles. The number of hydrogen-bond donors (Lipinski definition) is 1. The number of halogens is 1. The van der Waals surface area contributed by atoms with E-state index >= 15 is 0 Å². The fraction of sp³-hybridized carbons (Fsp3) is 0.368. The number of hydrogen-bond acceptors (Lipinski definition) is 4. The van der Waals surface area contributed by atoms with Gasteiger partial charge in [0.2, 0.25) is 5.91 Å². The molecule has 0 radical (unpaired) electrons. The molecule has 2 heterocycles. The van der Waals surface area contributed by atoms with Crippen molar-refractivity contribution in [2.45, 2.75) is 19.5 Å². The van der Waals surface area contributed by atoms with E-state index in [0.717, 1.165) is 32.0 Å². The first-order valence-corrected chi connectivity index (χ1v) is 8.56. The van der Waals surface area contributed by atoms with Gasteiger partial charge in [0.1, 0.15) is 11.6 Å². The van der Waals surface area contributed by atoms with Crippen LogP contribution < -0.4 is 10.2 Å². The Bertz CT molecular complexity index is 702. The SMILES string of the molecule is CC(C(=O)NCc1ccccc1F)N1CCN(c2ccccn2)CC1. The van der Waals surface area contributed by atoms with Crippen molar-refractivity contribution in [3.8, 4) is 0 Å². The van der Waals surface area contributed by atoms with Crippen LogP contribution in [0.4, 0.5) is 10.2 Å². The molecule has 5 nitrogen and oxygen atoms in total. The second kappa shape index (κ2) is 8.07. The van der Waals surface area contributed by atoms with E-state index in [4.69, 9.17) is 0 Å². The van der Waals surface area contributed by atoms with Crippen LogP contribution >= 0.6 is 0 Å². The van der Waals surface area contributed by atoms with Crippen LogP contribution in [0.15, 0.2) is 48.7 Å². The number of aromatic nitrogens is 1. The van der Waals surface area contributed by atoms with E-state index in [1.807, 2.05) is 25.1 Å². The Balaban J connectivity index is 1.49. The van der Waals surface area contributed by atoms with Crippen LogP contribution in [0.25, 0.3) is 0 Å². The van der Waals surface area contributed by atoms with Crippen LogP contribution in [0.1, 0.15) is 12.5 Å². The Morgan fingerprint density at radius 3 is 2.56 bits per heavy atom. The highest BCUT2D eigenvalue weighted by atomic mass is 19.1. The quantitative estimate of drug-likeness (QED) is 0.903. The maximum Gasteiger partial charge on any atom is 0.237 e. The highest BCUT2D eigenvalue weighted by Gasteiger charge is 2.25. The van der Waals surface area contributed by atoms with Crippen molar-refractivity contribution in [3.63, 3.8) is 0 Å². The molecular formula is C19H23FN4O. The Labute approximate surface area is 147 Å². The molecule has 1 atom stereocenters. The molecule has 1 unspecified atom stereocenters. The summed E-state index contributed by atoms with van der Waals surface area (Å²) in [4.78, 5) is 21.1. The van der Waals surface area contributed by atoms with Crippen LogP contribution in [0.2, 0.25) is 0 Å². The van der Waals surface area contributed by atoms with Gasteiger partial charge in [0, 0.05) is 44.5 Å². The van der Waals surface area contributed by atoms with Gasteiger partial charge in [-0.25, -0.2) is 9.37 Å². The summed E-state index contributed by atoms with van der Waals surface area (Å²) in [6.07, 6.45) is 1.79. The molecule has 0 saturated carbocycles. The second-order valence-electron chi connectivity index (χ2n) is 6.20. The average molecular weight is 342 g/mol. The molecule has 25 heavy (non-hydrogen) atoms. The third kappa shape index (κ3) is 4.33. The Hall–Kier alpha value is -2.47. The minimum atomic E-state index is -0.292. The summed E-state index contributed by atoms with van der Waals surface area (Å²) in [6, 6.07) is 12.1. The molecule has 1 fully saturated rings. The van der Waals surface area contributed by atoms with E-state index in [-0.39, 0.29) is 24.3 Å². The zero-order valence-corrected chi connectivity index (χ0v) is 14.4. The summed E-state index contributed by atoms with van der Waals surface area (Å²) in [6.45, 7) is 5.37. The van der Waals surface area contributed by atoms with Gasteiger partial charge < -0.3 is 10.2 Å². The van der Waals surface area contributed by atoms with E-state index in [0.29, 0.717) is 5.56 Å². The van der Waals surface area contributed by atoms with E-state index in [1.54, 1.807) is 24.4 Å². The van der Waals surface area contributed by atoms with Crippen molar-refractivity contribution in [1.82, 2.24) is 15.2 Å². The first-order chi connectivity index (χ1) is 12.1. The van der Waals surface area contributed by atoms with Crippen LogP contribution in [0.3, 0.4) is 0 Å². The molecule has 3 rings (SSSR count). The molecule has 0 bridgehead atoms. The molecule has 1 aromatic carbocycles. The Morgan fingerprint density at radius 1 is 1.16 bits per heavy atom. The fourth-order valence-corrected chi connectivity index (χ4v) is 3.02. The first-order valence-electron chi connectivity index (χ1n) is 8.56. The maximum atomic E-state index is 13.6. The molecule has 1 amide bonds. The second-order valence-corrected chi connectivity index (χ2v) is 6.20. The highest BCUT2D eigenvalue weighted by Crippen LogP contribution is 2.14. The predicted octanol–water partition coefficient (Wildman–Crippen LogP) is 2.05. The van der Waals surface area contributed by atoms with Gasteiger partial charge in [-0.1, -0.05) is 24.3 Å². The standard InChI is InChI=1S/C19H23FN4O/c1-15(19(25)22-14-16-6-2-3-7-17(16)20)23-10-12-24(13-11-23)18-8-4-5-9-21-18/h2-9,15H,10-14H2,1H3,(H,22,25). The zero-order valence-electron chi connectivity index (χ0n) is 14.4. The van der Waals surface area contributed by atoms with Gasteiger partial charge in [-0.05, 0) is 25.1 Å². The first kappa shape index (κ1) is 17.4. The monoisotopic (exact) mass is 342 g/mol. The smallest absolute Gasteiger partial charge is 0.237 e. The normalized spacial score (nSPS) is 16.5. The van der Waals surface area contributed by atoms with E-state index in [2.05, 4.69) is 20.1 Å². The molecule has 1 aliphatic rings. The number of rotatable bonds is 5. The predicted molar refractivity (Wildman–Crippen MR) is 95.7 cm³/mol. The molecule has 2 aromatic rings. The molecule has 1 N–H and O–H groups in total. The minimum absolute atomic E-state index is 0.0745. The van der Waals surface area contributed by atoms with Gasteiger partial charge >= 0.3 is 0 Å². The van der Waals surface area contributed by atoms with Crippen LogP contribution in [0, 0.1) is 5.82 Å². The van der Waals surface area contributed by atoms with Crippen molar-refractivity contribution in [1.29, 1.82) is 0 Å². The lowest BCUT2D eigenvalue weighted by atomic mass is 10.2. The number of amides is 1. The van der Waals surface area contributed by atoms with Gasteiger partial charge in [0.05, 0.1) is 6.04 Å². The number of carbonyl (C=O) groups excluding carboxylic acids is 1. The summed E-state index contributed by atoms with van der Waals surface area (Å²) in [5.41, 5.74) is 0.503. The number of pyridine rings is 1. The van der Waals surface area contributed by atoms with Gasteiger partial charge in [0.25, 0.3) is 0 Å². The summed E-state index contributed by atoms with van der Waals surface area (Å²) < 4.78 is 13.6. The molecule has 1 saturated heterocycles. The van der Waals surface area contributed by atoms with Crippen molar-refractivity contribution >= 4 is 11.7 Å². The summed E-state index contributed by atoms with van der Waals surface area (Å²) in [5, 5.41) is 2.83. The average Bonchev–Trinajstić information content (AvgIpc) is 2.67. The molecule has 0 spiro atoms.